The van der Waals surface area contributed by atoms with Crippen LogP contribution < -0.4 is 5.32 Å². The summed E-state index contributed by atoms with van der Waals surface area (Å²) < 4.78 is 0.622. The van der Waals surface area contributed by atoms with Gasteiger partial charge in [-0.1, -0.05) is 0 Å². The van der Waals surface area contributed by atoms with Crippen LogP contribution in [0, 0.1) is 0 Å². The molecule has 88 valence electrons. The van der Waals surface area contributed by atoms with Gasteiger partial charge in [-0.05, 0) is 35.7 Å². The van der Waals surface area contributed by atoms with Crippen LogP contribution in [0.25, 0.3) is 11.2 Å². The van der Waals surface area contributed by atoms with Crippen molar-refractivity contribution in [1.29, 1.82) is 0 Å². The molecule has 2 N–H and O–H groups in total. The van der Waals surface area contributed by atoms with Gasteiger partial charge in [-0.2, -0.15) is 0 Å². The first kappa shape index (κ1) is 10.7. The van der Waals surface area contributed by atoms with E-state index in [2.05, 4.69) is 36.2 Å². The molecule has 6 heteroatoms. The third kappa shape index (κ3) is 1.93. The molecule has 1 saturated carbocycles. The summed E-state index contributed by atoms with van der Waals surface area (Å²) in [6, 6.07) is 0. The van der Waals surface area contributed by atoms with Crippen molar-refractivity contribution in [2.45, 2.75) is 25.3 Å². The van der Waals surface area contributed by atoms with E-state index in [0.717, 1.165) is 12.8 Å². The highest BCUT2D eigenvalue weighted by molar-refractivity contribution is 9.10. The van der Waals surface area contributed by atoms with Crippen LogP contribution in [0.15, 0.2) is 17.0 Å². The Balaban J connectivity index is 1.99. The summed E-state index contributed by atoms with van der Waals surface area (Å²) >= 11 is 3.25. The number of hydrogen-bond donors (Lipinski definition) is 2. The SMILES string of the molecule is CC1(NC(=O)c2c[nH]c3ncc(Br)nc23)CC1. The Kier molecular flexibility index (Phi) is 2.22. The van der Waals surface area contributed by atoms with E-state index < -0.39 is 0 Å². The topological polar surface area (TPSA) is 70.7 Å². The molecule has 1 aliphatic carbocycles. The third-order valence-corrected chi connectivity index (χ3v) is 3.39. The van der Waals surface area contributed by atoms with E-state index in [-0.39, 0.29) is 11.4 Å². The average Bonchev–Trinajstić information content (AvgIpc) is 2.86. The number of carbonyl (C=O) groups excluding carboxylic acids is 1. The lowest BCUT2D eigenvalue weighted by molar-refractivity contribution is 0.0937. The second kappa shape index (κ2) is 3.53. The lowest BCUT2D eigenvalue weighted by Gasteiger charge is -2.10. The fourth-order valence-corrected chi connectivity index (χ4v) is 1.98. The smallest absolute Gasteiger partial charge is 0.255 e. The van der Waals surface area contributed by atoms with Crippen LogP contribution in [0.5, 0.6) is 0 Å². The molecule has 5 nitrogen and oxygen atoms in total. The molecule has 2 aromatic rings. The van der Waals surface area contributed by atoms with E-state index in [1.807, 2.05) is 6.92 Å². The summed E-state index contributed by atoms with van der Waals surface area (Å²) in [4.78, 5) is 23.4. The van der Waals surface area contributed by atoms with E-state index in [1.165, 1.54) is 0 Å². The van der Waals surface area contributed by atoms with Crippen molar-refractivity contribution in [3.8, 4) is 0 Å². The number of carbonyl (C=O) groups is 1. The number of nitrogens with zero attached hydrogens (tertiary/aromatic N) is 2. The normalized spacial score (nSPS) is 17.1. The fourth-order valence-electron chi connectivity index (χ4n) is 1.70. The highest BCUT2D eigenvalue weighted by atomic mass is 79.9. The van der Waals surface area contributed by atoms with Gasteiger partial charge in [-0.15, -0.1) is 0 Å². The molecule has 0 spiro atoms. The molecule has 1 fully saturated rings. The zero-order valence-electron chi connectivity index (χ0n) is 9.25. The van der Waals surface area contributed by atoms with Gasteiger partial charge in [0.15, 0.2) is 5.65 Å². The molecule has 0 bridgehead atoms. The maximum Gasteiger partial charge on any atom is 0.255 e. The second-order valence-corrected chi connectivity index (χ2v) is 5.42. The predicted molar refractivity (Wildman–Crippen MR) is 66.7 cm³/mol. The average molecular weight is 295 g/mol. The van der Waals surface area contributed by atoms with Gasteiger partial charge in [-0.25, -0.2) is 9.97 Å². The van der Waals surface area contributed by atoms with Crippen molar-refractivity contribution in [1.82, 2.24) is 20.3 Å². The van der Waals surface area contributed by atoms with Crippen LogP contribution in [0.4, 0.5) is 0 Å². The zero-order valence-corrected chi connectivity index (χ0v) is 10.8. The lowest BCUT2D eigenvalue weighted by Crippen LogP contribution is -2.34. The maximum atomic E-state index is 12.1. The molecule has 1 aliphatic rings. The predicted octanol–water partition coefficient (Wildman–Crippen LogP) is 2.00. The number of amides is 1. The van der Waals surface area contributed by atoms with Crippen LogP contribution >= 0.6 is 15.9 Å². The van der Waals surface area contributed by atoms with E-state index in [9.17, 15) is 4.79 Å². The highest BCUT2D eigenvalue weighted by Gasteiger charge is 2.39. The van der Waals surface area contributed by atoms with Gasteiger partial charge in [0, 0.05) is 11.7 Å². The molecule has 3 rings (SSSR count). The highest BCUT2D eigenvalue weighted by Crippen LogP contribution is 2.34. The first-order valence-electron chi connectivity index (χ1n) is 5.40. The number of hydrogen-bond acceptors (Lipinski definition) is 3. The Morgan fingerprint density at radius 3 is 3.06 bits per heavy atom. The Hall–Kier alpha value is -1.43. The molecule has 17 heavy (non-hydrogen) atoms. The minimum absolute atomic E-state index is 0.0277. The number of H-pyrrole nitrogens is 1. The van der Waals surface area contributed by atoms with Crippen molar-refractivity contribution in [3.05, 3.63) is 22.6 Å². The molecule has 0 atom stereocenters. The molecule has 0 aliphatic heterocycles. The quantitative estimate of drug-likeness (QED) is 0.890. The van der Waals surface area contributed by atoms with Crippen LogP contribution in [-0.4, -0.2) is 26.4 Å². The molecule has 0 saturated heterocycles. The Bertz CT molecular complexity index is 603. The number of fused-ring (bicyclic) bond motifs is 1. The molecule has 2 aromatic heterocycles. The van der Waals surface area contributed by atoms with Crippen LogP contribution in [0.2, 0.25) is 0 Å². The van der Waals surface area contributed by atoms with E-state index >= 15 is 0 Å². The summed E-state index contributed by atoms with van der Waals surface area (Å²) in [6.07, 6.45) is 5.33. The van der Waals surface area contributed by atoms with Crippen LogP contribution in [0.3, 0.4) is 0 Å². The van der Waals surface area contributed by atoms with Gasteiger partial charge in [0.1, 0.15) is 10.1 Å². The number of aromatic amines is 1. The van der Waals surface area contributed by atoms with Crippen molar-refractivity contribution in [2.75, 3.05) is 0 Å². The lowest BCUT2D eigenvalue weighted by atomic mass is 10.2. The Labute approximate surface area is 106 Å². The Morgan fingerprint density at radius 1 is 1.59 bits per heavy atom. The zero-order chi connectivity index (χ0) is 12.0. The minimum Gasteiger partial charge on any atom is -0.347 e. The summed E-state index contributed by atoms with van der Waals surface area (Å²) in [6.45, 7) is 2.04. The summed E-state index contributed by atoms with van der Waals surface area (Å²) in [5, 5.41) is 3.00. The van der Waals surface area contributed by atoms with Crippen molar-refractivity contribution in [2.24, 2.45) is 0 Å². The van der Waals surface area contributed by atoms with E-state index in [4.69, 9.17) is 0 Å². The molecule has 0 unspecified atom stereocenters. The van der Waals surface area contributed by atoms with Crippen molar-refractivity contribution < 1.29 is 4.79 Å². The fraction of sp³-hybridized carbons (Fsp3) is 0.364. The third-order valence-electron chi connectivity index (χ3n) is 3.01. The van der Waals surface area contributed by atoms with Gasteiger partial charge in [0.05, 0.1) is 11.8 Å². The maximum absolute atomic E-state index is 12.1. The number of aromatic nitrogens is 3. The number of nitrogens with one attached hydrogen (secondary N) is 2. The van der Waals surface area contributed by atoms with E-state index in [0.29, 0.717) is 21.3 Å². The monoisotopic (exact) mass is 294 g/mol. The first-order chi connectivity index (χ1) is 8.07. The van der Waals surface area contributed by atoms with Gasteiger partial charge in [0.25, 0.3) is 5.91 Å². The van der Waals surface area contributed by atoms with E-state index in [1.54, 1.807) is 12.4 Å². The summed E-state index contributed by atoms with van der Waals surface area (Å²) in [5.74, 6) is -0.0938. The largest absolute Gasteiger partial charge is 0.347 e. The van der Waals surface area contributed by atoms with Crippen LogP contribution in [0.1, 0.15) is 30.1 Å². The first-order valence-corrected chi connectivity index (χ1v) is 6.19. The van der Waals surface area contributed by atoms with Crippen molar-refractivity contribution in [3.63, 3.8) is 0 Å². The standard InChI is InChI=1S/C11H11BrN4O/c1-11(2-3-11)16-10(17)6-4-13-9-8(6)15-7(12)5-14-9/h4-5H,2-3H2,1H3,(H,13,14)(H,16,17). The van der Waals surface area contributed by atoms with Crippen molar-refractivity contribution >= 4 is 33.0 Å². The minimum atomic E-state index is -0.0938. The summed E-state index contributed by atoms with van der Waals surface area (Å²) in [5.41, 5.74) is 1.74. The number of halogens is 1. The molecule has 0 aromatic carbocycles. The van der Waals surface area contributed by atoms with Gasteiger partial charge in [-0.3, -0.25) is 4.79 Å². The molecule has 1 amide bonds. The van der Waals surface area contributed by atoms with Gasteiger partial charge < -0.3 is 10.3 Å². The molecule has 2 heterocycles. The molecular weight excluding hydrogens is 284 g/mol. The molecular formula is C11H11BrN4O. The second-order valence-electron chi connectivity index (χ2n) is 4.61. The summed E-state index contributed by atoms with van der Waals surface area (Å²) in [7, 11) is 0. The van der Waals surface area contributed by atoms with Gasteiger partial charge in [0.2, 0.25) is 0 Å². The Morgan fingerprint density at radius 2 is 2.35 bits per heavy atom. The number of rotatable bonds is 2. The van der Waals surface area contributed by atoms with Gasteiger partial charge >= 0.3 is 0 Å². The molecule has 0 radical (unpaired) electrons. The van der Waals surface area contributed by atoms with Crippen LogP contribution in [-0.2, 0) is 0 Å².